The molecule has 5 nitrogen and oxygen atoms in total. The summed E-state index contributed by atoms with van der Waals surface area (Å²) in [5.74, 6) is 0.0627. The Morgan fingerprint density at radius 1 is 1.14 bits per heavy atom. The van der Waals surface area contributed by atoms with Gasteiger partial charge in [0.25, 0.3) is 5.91 Å². The van der Waals surface area contributed by atoms with Crippen molar-refractivity contribution in [1.29, 1.82) is 0 Å². The minimum Gasteiger partial charge on any atom is -0.358 e. The molecule has 0 aliphatic carbocycles. The normalized spacial score (nSPS) is 18.4. The van der Waals surface area contributed by atoms with Crippen molar-refractivity contribution in [1.82, 2.24) is 9.88 Å². The Balaban J connectivity index is 1.71. The van der Waals surface area contributed by atoms with E-state index < -0.39 is 9.84 Å². The summed E-state index contributed by atoms with van der Waals surface area (Å²) >= 11 is 0. The molecule has 1 amide bonds. The number of hydrogen-bond donors (Lipinski definition) is 1. The lowest BCUT2D eigenvalue weighted by Crippen LogP contribution is -2.40. The van der Waals surface area contributed by atoms with Gasteiger partial charge in [-0.25, -0.2) is 8.42 Å². The van der Waals surface area contributed by atoms with Crippen molar-refractivity contribution in [3.05, 3.63) is 70.9 Å². The van der Waals surface area contributed by atoms with Crippen molar-refractivity contribution in [2.75, 3.05) is 11.5 Å². The average Bonchev–Trinajstić information content (AvgIpc) is 3.18. The predicted molar refractivity (Wildman–Crippen MR) is 111 cm³/mol. The number of nitrogens with zero attached hydrogens (tertiary/aromatic N) is 1. The van der Waals surface area contributed by atoms with Gasteiger partial charge in [-0.05, 0) is 49.6 Å². The van der Waals surface area contributed by atoms with Crippen LogP contribution in [0.15, 0.2) is 48.5 Å². The summed E-state index contributed by atoms with van der Waals surface area (Å²) < 4.78 is 24.1. The molecule has 146 valence electrons. The number of hydrogen-bond acceptors (Lipinski definition) is 3. The lowest BCUT2D eigenvalue weighted by atomic mass is 10.1. The highest BCUT2D eigenvalue weighted by molar-refractivity contribution is 7.91. The van der Waals surface area contributed by atoms with Crippen LogP contribution in [-0.2, 0) is 16.4 Å². The largest absolute Gasteiger partial charge is 0.358 e. The van der Waals surface area contributed by atoms with Crippen molar-refractivity contribution in [2.45, 2.75) is 32.9 Å². The summed E-state index contributed by atoms with van der Waals surface area (Å²) in [5, 5.41) is 1.03. The first-order chi connectivity index (χ1) is 13.3. The number of aromatic nitrogens is 1. The fourth-order valence-corrected chi connectivity index (χ4v) is 5.66. The molecule has 1 saturated heterocycles. The van der Waals surface area contributed by atoms with Crippen molar-refractivity contribution in [3.63, 3.8) is 0 Å². The third-order valence-corrected chi connectivity index (χ3v) is 7.41. The summed E-state index contributed by atoms with van der Waals surface area (Å²) in [6.07, 6.45) is 0.492. The van der Waals surface area contributed by atoms with E-state index in [0.29, 0.717) is 18.5 Å². The van der Waals surface area contributed by atoms with Crippen molar-refractivity contribution >= 4 is 26.6 Å². The molecular formula is C22H24N2O3S. The first kappa shape index (κ1) is 18.7. The Labute approximate surface area is 165 Å². The Bertz CT molecular complexity index is 1130. The Morgan fingerprint density at radius 2 is 1.89 bits per heavy atom. The number of H-pyrrole nitrogens is 1. The summed E-state index contributed by atoms with van der Waals surface area (Å²) in [5.41, 5.74) is 4.81. The van der Waals surface area contributed by atoms with Gasteiger partial charge in [0.1, 0.15) is 0 Å². The molecule has 0 spiro atoms. The lowest BCUT2D eigenvalue weighted by molar-refractivity contribution is 0.0681. The van der Waals surface area contributed by atoms with E-state index in [-0.39, 0.29) is 23.5 Å². The van der Waals surface area contributed by atoms with E-state index in [1.165, 1.54) is 0 Å². The summed E-state index contributed by atoms with van der Waals surface area (Å²) in [6.45, 7) is 4.46. The van der Waals surface area contributed by atoms with Gasteiger partial charge in [-0.15, -0.1) is 0 Å². The number of sulfone groups is 1. The van der Waals surface area contributed by atoms with Crippen LogP contribution in [0.4, 0.5) is 0 Å². The highest BCUT2D eigenvalue weighted by Gasteiger charge is 2.35. The molecule has 0 unspecified atom stereocenters. The molecule has 0 saturated carbocycles. The first-order valence-electron chi connectivity index (χ1n) is 9.48. The van der Waals surface area contributed by atoms with E-state index in [2.05, 4.69) is 4.98 Å². The van der Waals surface area contributed by atoms with Gasteiger partial charge in [0.05, 0.1) is 11.5 Å². The van der Waals surface area contributed by atoms with Gasteiger partial charge in [-0.3, -0.25) is 4.79 Å². The zero-order valence-electron chi connectivity index (χ0n) is 16.1. The standard InChI is InChI=1S/C22H24N2O3S/c1-15-16(2)23-21-9-8-18(12-20(15)21)22(25)24(13-17-6-4-3-5-7-17)19-10-11-28(26,27)14-19/h3-9,12,19,23H,10-11,13-14H2,1-2H3/t19-/m1/s1. The van der Waals surface area contributed by atoms with Crippen molar-refractivity contribution < 1.29 is 13.2 Å². The van der Waals surface area contributed by atoms with Gasteiger partial charge in [-0.1, -0.05) is 30.3 Å². The quantitative estimate of drug-likeness (QED) is 0.732. The Morgan fingerprint density at radius 3 is 2.57 bits per heavy atom. The fourth-order valence-electron chi connectivity index (χ4n) is 3.93. The average molecular weight is 397 g/mol. The number of amides is 1. The van der Waals surface area contributed by atoms with Gasteiger partial charge >= 0.3 is 0 Å². The lowest BCUT2D eigenvalue weighted by Gasteiger charge is -2.28. The van der Waals surface area contributed by atoms with E-state index in [1.807, 2.05) is 62.4 Å². The van der Waals surface area contributed by atoms with E-state index in [9.17, 15) is 13.2 Å². The predicted octanol–water partition coefficient (Wildman–Crippen LogP) is 3.61. The molecule has 1 aliphatic heterocycles. The zero-order chi connectivity index (χ0) is 19.9. The number of rotatable bonds is 4. The van der Waals surface area contributed by atoms with Crippen LogP contribution in [0.25, 0.3) is 10.9 Å². The number of aryl methyl sites for hydroxylation is 2. The summed E-state index contributed by atoms with van der Waals surface area (Å²) in [4.78, 5) is 18.5. The highest BCUT2D eigenvalue weighted by atomic mass is 32.2. The molecule has 2 aromatic carbocycles. The second kappa shape index (κ2) is 7.09. The van der Waals surface area contributed by atoms with Gasteiger partial charge in [0.15, 0.2) is 9.84 Å². The molecule has 1 fully saturated rings. The minimum absolute atomic E-state index is 0.0378. The minimum atomic E-state index is -3.09. The van der Waals surface area contributed by atoms with Crippen LogP contribution in [0.5, 0.6) is 0 Å². The van der Waals surface area contributed by atoms with Crippen LogP contribution in [-0.4, -0.2) is 41.8 Å². The number of carbonyl (C=O) groups excluding carboxylic acids is 1. The van der Waals surface area contributed by atoms with Crippen LogP contribution in [0, 0.1) is 13.8 Å². The molecule has 1 atom stereocenters. The number of carbonyl (C=O) groups is 1. The SMILES string of the molecule is Cc1[nH]c2ccc(C(=O)N(Cc3ccccc3)[C@@H]3CCS(=O)(=O)C3)cc2c1C. The third kappa shape index (κ3) is 3.56. The fraction of sp³-hybridized carbons (Fsp3) is 0.318. The van der Waals surface area contributed by atoms with Gasteiger partial charge in [0, 0.05) is 34.7 Å². The molecule has 1 N–H and O–H groups in total. The Hall–Kier alpha value is -2.60. The van der Waals surface area contributed by atoms with Crippen LogP contribution >= 0.6 is 0 Å². The van der Waals surface area contributed by atoms with E-state index in [4.69, 9.17) is 0 Å². The molecule has 1 aliphatic rings. The molecule has 28 heavy (non-hydrogen) atoms. The molecule has 4 rings (SSSR count). The maximum absolute atomic E-state index is 13.4. The molecule has 0 bridgehead atoms. The van der Waals surface area contributed by atoms with Crippen LogP contribution in [0.1, 0.15) is 33.6 Å². The smallest absolute Gasteiger partial charge is 0.254 e. The van der Waals surface area contributed by atoms with E-state index >= 15 is 0 Å². The monoisotopic (exact) mass is 396 g/mol. The van der Waals surface area contributed by atoms with Crippen molar-refractivity contribution in [3.8, 4) is 0 Å². The summed E-state index contributed by atoms with van der Waals surface area (Å²) in [7, 11) is -3.09. The second-order valence-corrected chi connectivity index (χ2v) is 9.84. The molecule has 6 heteroatoms. The number of nitrogens with one attached hydrogen (secondary N) is 1. The molecule has 2 heterocycles. The van der Waals surface area contributed by atoms with Crippen molar-refractivity contribution in [2.24, 2.45) is 0 Å². The molecule has 0 radical (unpaired) electrons. The maximum atomic E-state index is 13.4. The van der Waals surface area contributed by atoms with E-state index in [1.54, 1.807) is 4.90 Å². The first-order valence-corrected chi connectivity index (χ1v) is 11.3. The third-order valence-electron chi connectivity index (χ3n) is 5.66. The number of aromatic amines is 1. The molecule has 1 aromatic heterocycles. The zero-order valence-corrected chi connectivity index (χ0v) is 16.9. The van der Waals surface area contributed by atoms with Gasteiger partial charge in [0.2, 0.25) is 0 Å². The molecule has 3 aromatic rings. The van der Waals surface area contributed by atoms with Crippen LogP contribution in [0.2, 0.25) is 0 Å². The second-order valence-electron chi connectivity index (χ2n) is 7.61. The van der Waals surface area contributed by atoms with Crippen LogP contribution in [0.3, 0.4) is 0 Å². The number of fused-ring (bicyclic) bond motifs is 1. The topological polar surface area (TPSA) is 70.2 Å². The highest BCUT2D eigenvalue weighted by Crippen LogP contribution is 2.26. The Kier molecular flexibility index (Phi) is 4.75. The summed E-state index contributed by atoms with van der Waals surface area (Å²) in [6, 6.07) is 15.1. The van der Waals surface area contributed by atoms with Gasteiger partial charge < -0.3 is 9.88 Å². The van der Waals surface area contributed by atoms with E-state index in [0.717, 1.165) is 27.7 Å². The van der Waals surface area contributed by atoms with Gasteiger partial charge in [-0.2, -0.15) is 0 Å². The molecular weight excluding hydrogens is 372 g/mol. The van der Waals surface area contributed by atoms with Crippen LogP contribution < -0.4 is 0 Å². The number of benzene rings is 2. The maximum Gasteiger partial charge on any atom is 0.254 e.